The van der Waals surface area contributed by atoms with Gasteiger partial charge in [0.05, 0.1) is 5.92 Å². The van der Waals surface area contributed by atoms with E-state index >= 15 is 0 Å². The number of pyridine rings is 1. The van der Waals surface area contributed by atoms with Crippen LogP contribution in [0.4, 0.5) is 5.69 Å². The van der Waals surface area contributed by atoms with Gasteiger partial charge in [0.1, 0.15) is 0 Å². The molecule has 1 heterocycles. The van der Waals surface area contributed by atoms with Crippen molar-refractivity contribution in [1.82, 2.24) is 4.57 Å². The van der Waals surface area contributed by atoms with Gasteiger partial charge in [-0.15, -0.1) is 0 Å². The minimum absolute atomic E-state index is 0.00634. The molecule has 132 valence electrons. The lowest BCUT2D eigenvalue weighted by Gasteiger charge is -2.15. The third kappa shape index (κ3) is 3.13. The number of nitrogens with one attached hydrogen (secondary N) is 1. The Balaban J connectivity index is 1.64. The Hall–Kier alpha value is -2.59. The minimum Gasteiger partial charge on any atom is -0.325 e. The van der Waals surface area contributed by atoms with Crippen LogP contribution in [0.3, 0.4) is 0 Å². The molecule has 1 atom stereocenters. The van der Waals surface area contributed by atoms with E-state index in [0.717, 1.165) is 23.8 Å². The van der Waals surface area contributed by atoms with Gasteiger partial charge < -0.3 is 9.88 Å². The monoisotopic (exact) mass is 366 g/mol. The first-order valence-electron chi connectivity index (χ1n) is 8.75. The number of benzene rings is 2. The van der Waals surface area contributed by atoms with Gasteiger partial charge in [-0.25, -0.2) is 0 Å². The molecule has 1 aliphatic carbocycles. The molecule has 0 saturated heterocycles. The molecule has 3 aromatic rings. The summed E-state index contributed by atoms with van der Waals surface area (Å²) in [5, 5.41) is 5.02. The molecule has 5 heteroatoms. The SMILES string of the molecule is C[C@H](C(=O)Nc1cccc2c(=O)n(C3CC3)ccc12)c1ccc(Cl)cc1. The van der Waals surface area contributed by atoms with Crippen molar-refractivity contribution < 1.29 is 4.79 Å². The van der Waals surface area contributed by atoms with Crippen LogP contribution in [-0.4, -0.2) is 10.5 Å². The Morgan fingerprint density at radius 2 is 1.85 bits per heavy atom. The summed E-state index contributed by atoms with van der Waals surface area (Å²) in [4.78, 5) is 25.4. The molecule has 0 bridgehead atoms. The molecule has 0 unspecified atom stereocenters. The van der Waals surface area contributed by atoms with Gasteiger partial charge in [-0.3, -0.25) is 9.59 Å². The van der Waals surface area contributed by atoms with Crippen molar-refractivity contribution in [1.29, 1.82) is 0 Å². The maximum absolute atomic E-state index is 12.7. The van der Waals surface area contributed by atoms with Crippen LogP contribution in [0.2, 0.25) is 5.02 Å². The van der Waals surface area contributed by atoms with Crippen LogP contribution in [0.15, 0.2) is 59.5 Å². The van der Waals surface area contributed by atoms with Crippen molar-refractivity contribution in [3.63, 3.8) is 0 Å². The van der Waals surface area contributed by atoms with E-state index in [0.29, 0.717) is 22.1 Å². The third-order valence-electron chi connectivity index (χ3n) is 4.93. The van der Waals surface area contributed by atoms with Gasteiger partial charge in [-0.05, 0) is 55.7 Å². The summed E-state index contributed by atoms with van der Waals surface area (Å²) in [5.74, 6) is -0.444. The lowest BCUT2D eigenvalue weighted by molar-refractivity contribution is -0.117. The number of hydrogen-bond donors (Lipinski definition) is 1. The van der Waals surface area contributed by atoms with Crippen molar-refractivity contribution in [3.8, 4) is 0 Å². The molecule has 4 rings (SSSR count). The number of hydrogen-bond acceptors (Lipinski definition) is 2. The summed E-state index contributed by atoms with van der Waals surface area (Å²) in [6, 6.07) is 15.0. The van der Waals surface area contributed by atoms with Gasteiger partial charge in [0, 0.05) is 33.7 Å². The summed E-state index contributed by atoms with van der Waals surface area (Å²) < 4.78 is 1.80. The van der Waals surface area contributed by atoms with Crippen LogP contribution >= 0.6 is 11.6 Å². The Morgan fingerprint density at radius 3 is 2.54 bits per heavy atom. The van der Waals surface area contributed by atoms with E-state index in [1.54, 1.807) is 16.7 Å². The molecule has 26 heavy (non-hydrogen) atoms. The van der Waals surface area contributed by atoms with E-state index in [9.17, 15) is 9.59 Å². The average Bonchev–Trinajstić information content (AvgIpc) is 3.47. The molecule has 0 radical (unpaired) electrons. The van der Waals surface area contributed by atoms with Crippen LogP contribution in [0.5, 0.6) is 0 Å². The Morgan fingerprint density at radius 1 is 1.12 bits per heavy atom. The molecule has 0 aliphatic heterocycles. The van der Waals surface area contributed by atoms with Gasteiger partial charge in [0.25, 0.3) is 5.56 Å². The predicted molar refractivity (Wildman–Crippen MR) is 105 cm³/mol. The molecule has 2 aromatic carbocycles. The van der Waals surface area contributed by atoms with Crippen molar-refractivity contribution in [3.05, 3.63) is 75.7 Å². The van der Waals surface area contributed by atoms with E-state index in [4.69, 9.17) is 11.6 Å². The smallest absolute Gasteiger partial charge is 0.258 e. The van der Waals surface area contributed by atoms with Gasteiger partial charge in [-0.1, -0.05) is 29.8 Å². The number of carbonyl (C=O) groups excluding carboxylic acids is 1. The van der Waals surface area contributed by atoms with Crippen LogP contribution in [0.25, 0.3) is 10.8 Å². The predicted octanol–water partition coefficient (Wildman–Crippen LogP) is 4.73. The Labute approximate surface area is 156 Å². The summed E-state index contributed by atoms with van der Waals surface area (Å²) in [6.45, 7) is 1.85. The third-order valence-corrected chi connectivity index (χ3v) is 5.19. The first-order valence-corrected chi connectivity index (χ1v) is 9.12. The number of aromatic nitrogens is 1. The Kier molecular flexibility index (Phi) is 4.29. The van der Waals surface area contributed by atoms with Gasteiger partial charge in [-0.2, -0.15) is 0 Å². The first-order chi connectivity index (χ1) is 12.5. The second kappa shape index (κ2) is 6.61. The fraction of sp³-hybridized carbons (Fsp3) is 0.238. The van der Waals surface area contributed by atoms with Gasteiger partial charge in [0.15, 0.2) is 0 Å². The van der Waals surface area contributed by atoms with E-state index in [1.165, 1.54) is 0 Å². The minimum atomic E-state index is -0.325. The van der Waals surface area contributed by atoms with Gasteiger partial charge >= 0.3 is 0 Å². The zero-order valence-electron chi connectivity index (χ0n) is 14.4. The Bertz CT molecular complexity index is 1040. The number of carbonyl (C=O) groups is 1. The van der Waals surface area contributed by atoms with Crippen molar-refractivity contribution in [2.24, 2.45) is 0 Å². The highest BCUT2D eigenvalue weighted by atomic mass is 35.5. The van der Waals surface area contributed by atoms with E-state index < -0.39 is 0 Å². The summed E-state index contributed by atoms with van der Waals surface area (Å²) in [5.41, 5.74) is 1.56. The second-order valence-corrected chi connectivity index (χ2v) is 7.23. The highest BCUT2D eigenvalue weighted by Gasteiger charge is 2.25. The molecular weight excluding hydrogens is 348 g/mol. The van der Waals surface area contributed by atoms with Crippen LogP contribution in [-0.2, 0) is 4.79 Å². The quantitative estimate of drug-likeness (QED) is 0.725. The fourth-order valence-corrected chi connectivity index (χ4v) is 3.31. The summed E-state index contributed by atoms with van der Waals surface area (Å²) in [7, 11) is 0. The van der Waals surface area contributed by atoms with Crippen molar-refractivity contribution in [2.75, 3.05) is 5.32 Å². The number of nitrogens with zero attached hydrogens (tertiary/aromatic N) is 1. The van der Waals surface area contributed by atoms with Crippen LogP contribution in [0.1, 0.15) is 37.3 Å². The number of rotatable bonds is 4. The standard InChI is InChI=1S/C21H19ClN2O2/c1-13(14-5-7-15(22)8-6-14)20(25)23-19-4-2-3-18-17(19)11-12-24(21(18)26)16-9-10-16/h2-8,11-13,16H,9-10H2,1H3,(H,23,25)/t13-/m0/s1. The molecule has 1 aliphatic rings. The highest BCUT2D eigenvalue weighted by Crippen LogP contribution is 2.34. The lowest BCUT2D eigenvalue weighted by atomic mass is 10.00. The molecular formula is C21H19ClN2O2. The number of fused-ring (bicyclic) bond motifs is 1. The molecule has 4 nitrogen and oxygen atoms in total. The highest BCUT2D eigenvalue weighted by molar-refractivity contribution is 6.30. The molecule has 1 saturated carbocycles. The number of halogens is 1. The zero-order chi connectivity index (χ0) is 18.3. The van der Waals surface area contributed by atoms with E-state index in [2.05, 4.69) is 5.32 Å². The molecule has 1 aromatic heterocycles. The maximum Gasteiger partial charge on any atom is 0.258 e. The second-order valence-electron chi connectivity index (χ2n) is 6.79. The average molecular weight is 367 g/mol. The normalized spacial score (nSPS) is 15.0. The lowest BCUT2D eigenvalue weighted by Crippen LogP contribution is -2.21. The topological polar surface area (TPSA) is 51.1 Å². The fourth-order valence-electron chi connectivity index (χ4n) is 3.19. The molecule has 1 amide bonds. The van der Waals surface area contributed by atoms with Crippen molar-refractivity contribution >= 4 is 34.0 Å². The first kappa shape index (κ1) is 16.9. The van der Waals surface area contributed by atoms with E-state index in [-0.39, 0.29) is 17.4 Å². The maximum atomic E-state index is 12.7. The summed E-state index contributed by atoms with van der Waals surface area (Å²) >= 11 is 5.91. The van der Waals surface area contributed by atoms with Crippen LogP contribution in [0, 0.1) is 0 Å². The molecule has 1 fully saturated rings. The van der Waals surface area contributed by atoms with E-state index in [1.807, 2.05) is 49.5 Å². The van der Waals surface area contributed by atoms with Crippen molar-refractivity contribution in [2.45, 2.75) is 31.7 Å². The number of amides is 1. The summed E-state index contributed by atoms with van der Waals surface area (Å²) in [6.07, 6.45) is 3.95. The zero-order valence-corrected chi connectivity index (χ0v) is 15.2. The van der Waals surface area contributed by atoms with Gasteiger partial charge in [0.2, 0.25) is 5.91 Å². The molecule has 0 spiro atoms. The molecule has 1 N–H and O–H groups in total. The van der Waals surface area contributed by atoms with Crippen LogP contribution < -0.4 is 10.9 Å². The number of anilines is 1. The largest absolute Gasteiger partial charge is 0.325 e.